The minimum Gasteiger partial charge on any atom is -0.481 e. The van der Waals surface area contributed by atoms with Crippen molar-refractivity contribution in [2.24, 2.45) is 10.9 Å². The molecule has 0 aromatic carbocycles. The molecular formula is C16H30N2O2. The van der Waals surface area contributed by atoms with Crippen molar-refractivity contribution < 1.29 is 9.90 Å². The molecule has 1 N–H and O–H groups in total. The lowest BCUT2D eigenvalue weighted by Gasteiger charge is -2.21. The van der Waals surface area contributed by atoms with Gasteiger partial charge in [-0.05, 0) is 12.3 Å². The first-order valence-electron chi connectivity index (χ1n) is 8.18. The van der Waals surface area contributed by atoms with Crippen LogP contribution in [0.2, 0.25) is 0 Å². The quantitative estimate of drug-likeness (QED) is 0.557. The van der Waals surface area contributed by atoms with Crippen molar-refractivity contribution in [3.8, 4) is 0 Å². The highest BCUT2D eigenvalue weighted by Crippen LogP contribution is 2.17. The van der Waals surface area contributed by atoms with E-state index in [0.29, 0.717) is 6.42 Å². The van der Waals surface area contributed by atoms with Gasteiger partial charge < -0.3 is 10.0 Å². The molecule has 0 spiro atoms. The van der Waals surface area contributed by atoms with E-state index in [1.165, 1.54) is 38.5 Å². The van der Waals surface area contributed by atoms with Crippen LogP contribution in [-0.2, 0) is 4.79 Å². The summed E-state index contributed by atoms with van der Waals surface area (Å²) in [6, 6.07) is 0. The average molecular weight is 282 g/mol. The van der Waals surface area contributed by atoms with Crippen LogP contribution in [-0.4, -0.2) is 41.9 Å². The average Bonchev–Trinajstić information content (AvgIpc) is 2.89. The van der Waals surface area contributed by atoms with E-state index < -0.39 is 5.97 Å². The lowest BCUT2D eigenvalue weighted by Crippen LogP contribution is -2.28. The number of carbonyl (C=O) groups is 1. The predicted octanol–water partition coefficient (Wildman–Crippen LogP) is 3.56. The molecule has 1 atom stereocenters. The van der Waals surface area contributed by atoms with Gasteiger partial charge in [0.1, 0.15) is 0 Å². The number of hydrogen-bond acceptors (Lipinski definition) is 3. The molecule has 1 rings (SSSR count). The summed E-state index contributed by atoms with van der Waals surface area (Å²) in [4.78, 5) is 17.3. The number of carboxylic acid groups (broad SMARTS) is 1. The highest BCUT2D eigenvalue weighted by atomic mass is 16.4. The summed E-state index contributed by atoms with van der Waals surface area (Å²) in [5.74, 6) is -0.401. The van der Waals surface area contributed by atoms with Gasteiger partial charge in [0.25, 0.3) is 0 Å². The van der Waals surface area contributed by atoms with Crippen LogP contribution >= 0.6 is 0 Å². The molecule has 0 radical (unpaired) electrons. The fourth-order valence-corrected chi connectivity index (χ4v) is 2.78. The summed E-state index contributed by atoms with van der Waals surface area (Å²) in [5.41, 5.74) is 0. The second-order valence-electron chi connectivity index (χ2n) is 5.89. The van der Waals surface area contributed by atoms with Crippen molar-refractivity contribution in [2.45, 2.75) is 64.7 Å². The molecule has 20 heavy (non-hydrogen) atoms. The van der Waals surface area contributed by atoms with Crippen LogP contribution in [0.25, 0.3) is 0 Å². The van der Waals surface area contributed by atoms with E-state index in [1.807, 2.05) is 6.34 Å². The molecule has 0 amide bonds. The maximum absolute atomic E-state index is 10.9. The van der Waals surface area contributed by atoms with Gasteiger partial charge in [0.15, 0.2) is 0 Å². The molecule has 0 saturated heterocycles. The molecule has 4 heteroatoms. The van der Waals surface area contributed by atoms with Crippen molar-refractivity contribution >= 4 is 12.3 Å². The van der Waals surface area contributed by atoms with Crippen LogP contribution in [0.15, 0.2) is 4.99 Å². The lowest BCUT2D eigenvalue weighted by molar-refractivity contribution is -0.138. The van der Waals surface area contributed by atoms with E-state index in [-0.39, 0.29) is 5.92 Å². The molecule has 0 aliphatic carbocycles. The Bertz CT molecular complexity index is 292. The highest BCUT2D eigenvalue weighted by molar-refractivity contribution is 5.67. The Hall–Kier alpha value is -1.06. The second-order valence-corrected chi connectivity index (χ2v) is 5.89. The molecule has 0 saturated carbocycles. The van der Waals surface area contributed by atoms with Crippen molar-refractivity contribution in [2.75, 3.05) is 19.6 Å². The number of carboxylic acids is 1. The van der Waals surface area contributed by atoms with Gasteiger partial charge in [0, 0.05) is 19.5 Å². The van der Waals surface area contributed by atoms with Crippen LogP contribution < -0.4 is 0 Å². The van der Waals surface area contributed by atoms with E-state index in [2.05, 4.69) is 16.8 Å². The van der Waals surface area contributed by atoms with E-state index in [4.69, 9.17) is 5.11 Å². The minimum absolute atomic E-state index is 0.271. The summed E-state index contributed by atoms with van der Waals surface area (Å²) in [6.07, 6.45) is 12.2. The second kappa shape index (κ2) is 10.7. The molecule has 0 fully saturated rings. The maximum Gasteiger partial charge on any atom is 0.303 e. The third-order valence-corrected chi connectivity index (χ3v) is 3.93. The van der Waals surface area contributed by atoms with E-state index in [9.17, 15) is 4.79 Å². The van der Waals surface area contributed by atoms with E-state index >= 15 is 0 Å². The molecular weight excluding hydrogens is 252 g/mol. The SMILES string of the molecule is CCCCCCCCCC(CC(=O)O)CN1C=NCC1. The van der Waals surface area contributed by atoms with Crippen LogP contribution in [0.5, 0.6) is 0 Å². The molecule has 1 heterocycles. The zero-order valence-corrected chi connectivity index (χ0v) is 12.9. The standard InChI is InChI=1S/C16H30N2O2/c1-2-3-4-5-6-7-8-9-15(12-16(19)20)13-18-11-10-17-14-18/h14-15H,2-13H2,1H3,(H,19,20). The van der Waals surface area contributed by atoms with Gasteiger partial charge in [-0.3, -0.25) is 9.79 Å². The smallest absolute Gasteiger partial charge is 0.303 e. The molecule has 1 aliphatic rings. The van der Waals surface area contributed by atoms with Crippen molar-refractivity contribution in [1.29, 1.82) is 0 Å². The fraction of sp³-hybridized carbons (Fsp3) is 0.875. The van der Waals surface area contributed by atoms with Gasteiger partial charge in [-0.15, -0.1) is 0 Å². The summed E-state index contributed by atoms with van der Waals surface area (Å²) >= 11 is 0. The number of nitrogens with zero attached hydrogens (tertiary/aromatic N) is 2. The van der Waals surface area contributed by atoms with Crippen molar-refractivity contribution in [1.82, 2.24) is 4.90 Å². The monoisotopic (exact) mass is 282 g/mol. The van der Waals surface area contributed by atoms with Crippen LogP contribution in [0.1, 0.15) is 64.7 Å². The highest BCUT2D eigenvalue weighted by Gasteiger charge is 2.17. The fourth-order valence-electron chi connectivity index (χ4n) is 2.78. The first kappa shape index (κ1) is 17.0. The summed E-state index contributed by atoms with van der Waals surface area (Å²) in [5, 5.41) is 9.01. The number of aliphatic imine (C=N–C) groups is 1. The Morgan fingerprint density at radius 1 is 1.25 bits per heavy atom. The Labute approximate surface area is 123 Å². The van der Waals surface area contributed by atoms with Gasteiger partial charge >= 0.3 is 5.97 Å². The topological polar surface area (TPSA) is 52.9 Å². The predicted molar refractivity (Wildman–Crippen MR) is 83.3 cm³/mol. The number of rotatable bonds is 12. The van der Waals surface area contributed by atoms with Gasteiger partial charge in [0.2, 0.25) is 0 Å². The van der Waals surface area contributed by atoms with Gasteiger partial charge in [-0.1, -0.05) is 51.9 Å². The third kappa shape index (κ3) is 8.18. The molecule has 0 aromatic rings. The van der Waals surface area contributed by atoms with Crippen molar-refractivity contribution in [3.63, 3.8) is 0 Å². The Kier molecular flexibility index (Phi) is 9.09. The number of unbranched alkanes of at least 4 members (excludes halogenated alkanes) is 6. The molecule has 4 nitrogen and oxygen atoms in total. The molecule has 1 unspecified atom stereocenters. The van der Waals surface area contributed by atoms with Crippen LogP contribution in [0.3, 0.4) is 0 Å². The van der Waals surface area contributed by atoms with Crippen LogP contribution in [0, 0.1) is 5.92 Å². The molecule has 0 aromatic heterocycles. The molecule has 1 aliphatic heterocycles. The molecule has 0 bridgehead atoms. The third-order valence-electron chi connectivity index (χ3n) is 3.93. The largest absolute Gasteiger partial charge is 0.481 e. The maximum atomic E-state index is 10.9. The zero-order valence-electron chi connectivity index (χ0n) is 12.9. The van der Waals surface area contributed by atoms with Crippen LogP contribution in [0.4, 0.5) is 0 Å². The normalized spacial score (nSPS) is 15.8. The summed E-state index contributed by atoms with van der Waals surface area (Å²) < 4.78 is 0. The molecule has 116 valence electrons. The van der Waals surface area contributed by atoms with Crippen molar-refractivity contribution in [3.05, 3.63) is 0 Å². The lowest BCUT2D eigenvalue weighted by atomic mass is 9.96. The summed E-state index contributed by atoms with van der Waals surface area (Å²) in [7, 11) is 0. The minimum atomic E-state index is -0.672. The van der Waals surface area contributed by atoms with E-state index in [1.54, 1.807) is 0 Å². The Balaban J connectivity index is 2.12. The number of aliphatic carboxylic acids is 1. The Morgan fingerprint density at radius 2 is 1.95 bits per heavy atom. The summed E-state index contributed by atoms with van der Waals surface area (Å²) in [6.45, 7) is 4.90. The van der Waals surface area contributed by atoms with Gasteiger partial charge in [0.05, 0.1) is 12.9 Å². The first-order valence-corrected chi connectivity index (χ1v) is 8.18. The Morgan fingerprint density at radius 3 is 2.55 bits per heavy atom. The number of hydrogen-bond donors (Lipinski definition) is 1. The van der Waals surface area contributed by atoms with Gasteiger partial charge in [-0.2, -0.15) is 0 Å². The van der Waals surface area contributed by atoms with E-state index in [0.717, 1.165) is 32.5 Å². The zero-order chi connectivity index (χ0) is 14.6. The first-order chi connectivity index (χ1) is 9.72. The van der Waals surface area contributed by atoms with Gasteiger partial charge in [-0.25, -0.2) is 0 Å².